The third kappa shape index (κ3) is 4.20. The van der Waals surface area contributed by atoms with E-state index in [0.29, 0.717) is 24.0 Å². The van der Waals surface area contributed by atoms with Crippen LogP contribution in [-0.4, -0.2) is 16.6 Å². The quantitative estimate of drug-likeness (QED) is 0.683. The second-order valence-corrected chi connectivity index (χ2v) is 5.09. The minimum Gasteiger partial charge on any atom is -0.492 e. The minimum absolute atomic E-state index is 0.126. The molecule has 1 aromatic heterocycles. The third-order valence-corrected chi connectivity index (χ3v) is 3.31. The van der Waals surface area contributed by atoms with Gasteiger partial charge in [-0.15, -0.1) is 0 Å². The Morgan fingerprint density at radius 1 is 0.920 bits per heavy atom. The lowest BCUT2D eigenvalue weighted by Crippen LogP contribution is -2.01. The van der Waals surface area contributed by atoms with Crippen molar-refractivity contribution in [1.29, 1.82) is 0 Å². The number of halogens is 2. The van der Waals surface area contributed by atoms with Gasteiger partial charge in [-0.1, -0.05) is 12.1 Å². The molecular formula is C18H16F2N4O. The second-order valence-electron chi connectivity index (χ2n) is 5.09. The number of hydrogen-bond acceptors (Lipinski definition) is 5. The second kappa shape index (κ2) is 7.57. The van der Waals surface area contributed by atoms with Gasteiger partial charge in [0.15, 0.2) is 0 Å². The number of aromatic nitrogens is 2. The van der Waals surface area contributed by atoms with Gasteiger partial charge in [-0.2, -0.15) is 0 Å². The van der Waals surface area contributed by atoms with Crippen molar-refractivity contribution in [1.82, 2.24) is 9.97 Å². The summed E-state index contributed by atoms with van der Waals surface area (Å²) in [6.45, 7) is 2.44. The zero-order valence-corrected chi connectivity index (χ0v) is 13.5. The number of ether oxygens (including phenoxy) is 1. The molecule has 7 heteroatoms. The highest BCUT2D eigenvalue weighted by atomic mass is 19.1. The zero-order valence-electron chi connectivity index (χ0n) is 13.5. The van der Waals surface area contributed by atoms with Crippen molar-refractivity contribution in [2.24, 2.45) is 0 Å². The van der Waals surface area contributed by atoms with E-state index in [-0.39, 0.29) is 5.69 Å². The maximum atomic E-state index is 13.7. The lowest BCUT2D eigenvalue weighted by atomic mass is 10.3. The summed E-state index contributed by atoms with van der Waals surface area (Å²) in [4.78, 5) is 8.19. The predicted octanol–water partition coefficient (Wildman–Crippen LogP) is 4.64. The summed E-state index contributed by atoms with van der Waals surface area (Å²) >= 11 is 0. The van der Waals surface area contributed by atoms with Gasteiger partial charge in [0.25, 0.3) is 0 Å². The average molecular weight is 342 g/mol. The van der Waals surface area contributed by atoms with Gasteiger partial charge in [0.05, 0.1) is 18.0 Å². The fraction of sp³-hybridized carbons (Fsp3) is 0.111. The van der Waals surface area contributed by atoms with E-state index >= 15 is 0 Å². The van der Waals surface area contributed by atoms with Crippen molar-refractivity contribution >= 4 is 23.0 Å². The van der Waals surface area contributed by atoms with Crippen LogP contribution in [0.4, 0.5) is 31.8 Å². The molecule has 0 atom stereocenters. The van der Waals surface area contributed by atoms with E-state index in [4.69, 9.17) is 4.74 Å². The van der Waals surface area contributed by atoms with Crippen LogP contribution in [0.25, 0.3) is 0 Å². The zero-order chi connectivity index (χ0) is 17.6. The van der Waals surface area contributed by atoms with Gasteiger partial charge in [0.2, 0.25) is 0 Å². The van der Waals surface area contributed by atoms with Crippen LogP contribution in [0.3, 0.4) is 0 Å². The molecule has 25 heavy (non-hydrogen) atoms. The lowest BCUT2D eigenvalue weighted by Gasteiger charge is -2.12. The number of nitrogens with one attached hydrogen (secondary N) is 2. The standard InChI is InChI=1S/C18H16F2N4O/c1-2-25-16-6-4-3-5-15(16)24-18-10-17(21-11-22-18)23-14-8-7-12(19)9-13(14)20/h3-11H,2H2,1H3,(H2,21,22,23,24). The molecule has 0 radical (unpaired) electrons. The van der Waals surface area contributed by atoms with Crippen LogP contribution in [0, 0.1) is 11.6 Å². The molecule has 0 unspecified atom stereocenters. The Balaban J connectivity index is 1.80. The van der Waals surface area contributed by atoms with Gasteiger partial charge in [-0.05, 0) is 31.2 Å². The molecular weight excluding hydrogens is 326 g/mol. The Hall–Kier alpha value is -3.22. The van der Waals surface area contributed by atoms with Crippen molar-refractivity contribution in [2.75, 3.05) is 17.2 Å². The van der Waals surface area contributed by atoms with E-state index in [9.17, 15) is 8.78 Å². The average Bonchev–Trinajstić information content (AvgIpc) is 2.60. The SMILES string of the molecule is CCOc1ccccc1Nc1cc(Nc2ccc(F)cc2F)ncn1. The van der Waals surface area contributed by atoms with Crippen molar-refractivity contribution in [3.8, 4) is 5.75 Å². The summed E-state index contributed by atoms with van der Waals surface area (Å²) in [6.07, 6.45) is 1.34. The largest absolute Gasteiger partial charge is 0.492 e. The van der Waals surface area contributed by atoms with E-state index in [1.165, 1.54) is 18.5 Å². The highest BCUT2D eigenvalue weighted by Crippen LogP contribution is 2.27. The van der Waals surface area contributed by atoms with Crippen molar-refractivity contribution in [3.05, 3.63) is 66.5 Å². The summed E-state index contributed by atoms with van der Waals surface area (Å²) in [5.41, 5.74) is 0.878. The molecule has 1 heterocycles. The van der Waals surface area contributed by atoms with Gasteiger partial charge < -0.3 is 15.4 Å². The van der Waals surface area contributed by atoms with Crippen LogP contribution >= 0.6 is 0 Å². The number of nitrogens with zero attached hydrogens (tertiary/aromatic N) is 2. The van der Waals surface area contributed by atoms with Crippen LogP contribution in [0.15, 0.2) is 54.9 Å². The van der Waals surface area contributed by atoms with Crippen LogP contribution < -0.4 is 15.4 Å². The number of rotatable bonds is 6. The fourth-order valence-electron chi connectivity index (χ4n) is 2.21. The molecule has 3 rings (SSSR count). The molecule has 0 saturated heterocycles. The molecule has 0 aliphatic rings. The highest BCUT2D eigenvalue weighted by Gasteiger charge is 2.07. The molecule has 0 fully saturated rings. The maximum absolute atomic E-state index is 13.7. The van der Waals surface area contributed by atoms with Gasteiger partial charge in [-0.25, -0.2) is 18.7 Å². The third-order valence-electron chi connectivity index (χ3n) is 3.31. The first-order chi connectivity index (χ1) is 12.2. The molecule has 0 bridgehead atoms. The number of hydrogen-bond donors (Lipinski definition) is 2. The predicted molar refractivity (Wildman–Crippen MR) is 92.6 cm³/mol. The van der Waals surface area contributed by atoms with Crippen molar-refractivity contribution < 1.29 is 13.5 Å². The van der Waals surface area contributed by atoms with E-state index in [1.807, 2.05) is 31.2 Å². The summed E-state index contributed by atoms with van der Waals surface area (Å²) in [5, 5.41) is 5.94. The summed E-state index contributed by atoms with van der Waals surface area (Å²) in [7, 11) is 0. The minimum atomic E-state index is -0.699. The normalized spacial score (nSPS) is 10.4. The molecule has 2 aromatic carbocycles. The Kier molecular flexibility index (Phi) is 5.03. The first-order valence-electron chi connectivity index (χ1n) is 7.68. The van der Waals surface area contributed by atoms with Crippen molar-refractivity contribution in [2.45, 2.75) is 6.92 Å². The number of para-hydroxylation sites is 2. The molecule has 5 nitrogen and oxygen atoms in total. The van der Waals surface area contributed by atoms with Crippen molar-refractivity contribution in [3.63, 3.8) is 0 Å². The summed E-state index contributed by atoms with van der Waals surface area (Å²) in [5.74, 6) is 0.238. The fourth-order valence-corrected chi connectivity index (χ4v) is 2.21. The smallest absolute Gasteiger partial charge is 0.149 e. The van der Waals surface area contributed by atoms with E-state index in [1.54, 1.807) is 6.07 Å². The Morgan fingerprint density at radius 3 is 2.36 bits per heavy atom. The first-order valence-corrected chi connectivity index (χ1v) is 7.68. The molecule has 128 valence electrons. The highest BCUT2D eigenvalue weighted by molar-refractivity contribution is 5.67. The molecule has 0 aliphatic carbocycles. The van der Waals surface area contributed by atoms with Crippen LogP contribution in [0.2, 0.25) is 0 Å². The Bertz CT molecular complexity index is 873. The number of benzene rings is 2. The van der Waals surface area contributed by atoms with E-state index in [0.717, 1.165) is 11.8 Å². The Morgan fingerprint density at radius 2 is 1.64 bits per heavy atom. The monoisotopic (exact) mass is 342 g/mol. The van der Waals surface area contributed by atoms with Gasteiger partial charge in [0.1, 0.15) is 35.3 Å². The van der Waals surface area contributed by atoms with Crippen LogP contribution in [0.5, 0.6) is 5.75 Å². The van der Waals surface area contributed by atoms with E-state index in [2.05, 4.69) is 20.6 Å². The van der Waals surface area contributed by atoms with Crippen LogP contribution in [-0.2, 0) is 0 Å². The van der Waals surface area contributed by atoms with Gasteiger partial charge in [-0.3, -0.25) is 0 Å². The topological polar surface area (TPSA) is 59.1 Å². The molecule has 0 spiro atoms. The molecule has 3 aromatic rings. The summed E-state index contributed by atoms with van der Waals surface area (Å²) in [6, 6.07) is 12.4. The summed E-state index contributed by atoms with van der Waals surface area (Å²) < 4.78 is 32.3. The molecule has 0 amide bonds. The lowest BCUT2D eigenvalue weighted by molar-refractivity contribution is 0.342. The van der Waals surface area contributed by atoms with Gasteiger partial charge in [0, 0.05) is 12.1 Å². The molecule has 0 saturated carbocycles. The van der Waals surface area contributed by atoms with E-state index < -0.39 is 11.6 Å². The molecule has 2 N–H and O–H groups in total. The van der Waals surface area contributed by atoms with Crippen LogP contribution in [0.1, 0.15) is 6.92 Å². The Labute approximate surface area is 143 Å². The maximum Gasteiger partial charge on any atom is 0.149 e. The van der Waals surface area contributed by atoms with Gasteiger partial charge >= 0.3 is 0 Å². The number of anilines is 4. The first kappa shape index (κ1) is 16.6. The molecule has 0 aliphatic heterocycles.